The quantitative estimate of drug-likeness (QED) is 0.567. The molecule has 0 amide bonds. The van der Waals surface area contributed by atoms with Gasteiger partial charge in [-0.25, -0.2) is 0 Å². The third kappa shape index (κ3) is 1.08. The van der Waals surface area contributed by atoms with Gasteiger partial charge < -0.3 is 0 Å². The van der Waals surface area contributed by atoms with Crippen LogP contribution in [0.4, 0.5) is 0 Å². The Morgan fingerprint density at radius 2 is 2.27 bits per heavy atom. The van der Waals surface area contributed by atoms with Gasteiger partial charge in [-0.1, -0.05) is 19.1 Å². The average molecular weight is 164 g/mol. The minimum Gasteiger partial charge on any atom is -0.125 e. The van der Waals surface area contributed by atoms with Gasteiger partial charge in [0, 0.05) is 10.6 Å². The second-order valence-corrected chi connectivity index (χ2v) is 4.26. The van der Waals surface area contributed by atoms with Crippen LogP contribution in [-0.2, 0) is 0 Å². The van der Waals surface area contributed by atoms with Crippen LogP contribution in [0.2, 0.25) is 0 Å². The summed E-state index contributed by atoms with van der Waals surface area (Å²) in [5.41, 5.74) is 3.04. The zero-order chi connectivity index (χ0) is 7.84. The summed E-state index contributed by atoms with van der Waals surface area (Å²) in [6.45, 7) is 4.52. The van der Waals surface area contributed by atoms with Crippen molar-refractivity contribution < 1.29 is 0 Å². The fourth-order valence-electron chi connectivity index (χ4n) is 1.71. The molecule has 0 bridgehead atoms. The van der Waals surface area contributed by atoms with Gasteiger partial charge in [0.25, 0.3) is 0 Å². The molecule has 0 N–H and O–H groups in total. The first kappa shape index (κ1) is 7.23. The number of hydrogen-bond donors (Lipinski definition) is 0. The lowest BCUT2D eigenvalue weighted by Crippen LogP contribution is -1.92. The van der Waals surface area contributed by atoms with E-state index < -0.39 is 0 Å². The second-order valence-electron chi connectivity index (χ2n) is 3.20. The molecule has 2 rings (SSSR count). The molecule has 1 aliphatic rings. The minimum atomic E-state index is 0.760. The SMILES string of the molecule is Cc1cccc2c1[C@@H](C)CS2. The largest absolute Gasteiger partial charge is 0.125 e. The van der Waals surface area contributed by atoms with Crippen molar-refractivity contribution in [1.29, 1.82) is 0 Å². The summed E-state index contributed by atoms with van der Waals surface area (Å²) >= 11 is 1.99. The molecule has 58 valence electrons. The van der Waals surface area contributed by atoms with Crippen molar-refractivity contribution in [3.05, 3.63) is 29.3 Å². The fourth-order valence-corrected chi connectivity index (χ4v) is 3.00. The molecule has 0 radical (unpaired) electrons. The van der Waals surface area contributed by atoms with Gasteiger partial charge >= 0.3 is 0 Å². The Morgan fingerprint density at radius 3 is 3.00 bits per heavy atom. The van der Waals surface area contributed by atoms with Crippen molar-refractivity contribution >= 4 is 11.8 Å². The molecular formula is C10H12S. The van der Waals surface area contributed by atoms with E-state index in [1.54, 1.807) is 5.56 Å². The van der Waals surface area contributed by atoms with Crippen LogP contribution < -0.4 is 0 Å². The lowest BCUT2D eigenvalue weighted by atomic mass is 9.99. The topological polar surface area (TPSA) is 0 Å². The maximum Gasteiger partial charge on any atom is 0.0110 e. The third-order valence-electron chi connectivity index (χ3n) is 2.27. The van der Waals surface area contributed by atoms with E-state index in [2.05, 4.69) is 32.0 Å². The maximum absolute atomic E-state index is 2.31. The van der Waals surface area contributed by atoms with E-state index >= 15 is 0 Å². The summed E-state index contributed by atoms with van der Waals surface area (Å²) in [6, 6.07) is 6.59. The van der Waals surface area contributed by atoms with Gasteiger partial charge in [0.05, 0.1) is 0 Å². The van der Waals surface area contributed by atoms with Crippen LogP contribution in [0, 0.1) is 6.92 Å². The van der Waals surface area contributed by atoms with E-state index in [4.69, 9.17) is 0 Å². The van der Waals surface area contributed by atoms with E-state index in [0.29, 0.717) is 0 Å². The van der Waals surface area contributed by atoms with Crippen LogP contribution in [0.5, 0.6) is 0 Å². The second kappa shape index (κ2) is 2.56. The molecule has 0 saturated heterocycles. The number of thioether (sulfide) groups is 1. The highest BCUT2D eigenvalue weighted by Crippen LogP contribution is 2.40. The molecule has 1 atom stereocenters. The summed E-state index contributed by atoms with van der Waals surface area (Å²) in [5.74, 6) is 2.02. The zero-order valence-electron chi connectivity index (χ0n) is 6.92. The van der Waals surface area contributed by atoms with Crippen LogP contribution >= 0.6 is 11.8 Å². The molecule has 1 aromatic carbocycles. The smallest absolute Gasteiger partial charge is 0.0110 e. The van der Waals surface area contributed by atoms with Gasteiger partial charge in [0.15, 0.2) is 0 Å². The van der Waals surface area contributed by atoms with E-state index in [0.717, 1.165) is 5.92 Å². The molecule has 0 fully saturated rings. The maximum atomic E-state index is 2.31. The fraction of sp³-hybridized carbons (Fsp3) is 0.400. The van der Waals surface area contributed by atoms with E-state index in [-0.39, 0.29) is 0 Å². The van der Waals surface area contributed by atoms with Crippen molar-refractivity contribution in [1.82, 2.24) is 0 Å². The van der Waals surface area contributed by atoms with E-state index in [1.807, 2.05) is 11.8 Å². The monoisotopic (exact) mass is 164 g/mol. The Kier molecular flexibility index (Phi) is 1.68. The van der Waals surface area contributed by atoms with Crippen LogP contribution in [0.3, 0.4) is 0 Å². The summed E-state index contributed by atoms with van der Waals surface area (Å²) < 4.78 is 0. The number of aryl methyl sites for hydroxylation is 1. The van der Waals surface area contributed by atoms with E-state index in [1.165, 1.54) is 16.2 Å². The van der Waals surface area contributed by atoms with Gasteiger partial charge in [-0.3, -0.25) is 0 Å². The molecule has 0 aliphatic carbocycles. The molecule has 11 heavy (non-hydrogen) atoms. The molecule has 0 saturated carbocycles. The summed E-state index contributed by atoms with van der Waals surface area (Å²) in [7, 11) is 0. The molecule has 0 spiro atoms. The lowest BCUT2D eigenvalue weighted by Gasteiger charge is -2.05. The first-order chi connectivity index (χ1) is 5.29. The number of hydrogen-bond acceptors (Lipinski definition) is 1. The average Bonchev–Trinajstić information content (AvgIpc) is 2.34. The Morgan fingerprint density at radius 1 is 1.45 bits per heavy atom. The molecule has 1 heteroatoms. The molecule has 0 unspecified atom stereocenters. The van der Waals surface area contributed by atoms with Gasteiger partial charge in [0.2, 0.25) is 0 Å². The highest BCUT2D eigenvalue weighted by Gasteiger charge is 2.19. The summed E-state index contributed by atoms with van der Waals surface area (Å²) in [5, 5.41) is 0. The molecular weight excluding hydrogens is 152 g/mol. The third-order valence-corrected chi connectivity index (χ3v) is 3.60. The number of rotatable bonds is 0. The summed E-state index contributed by atoms with van der Waals surface area (Å²) in [6.07, 6.45) is 0. The van der Waals surface area contributed by atoms with Crippen LogP contribution in [0.15, 0.2) is 23.1 Å². The molecule has 0 nitrogen and oxygen atoms in total. The zero-order valence-corrected chi connectivity index (χ0v) is 7.74. The first-order valence-electron chi connectivity index (χ1n) is 4.01. The van der Waals surface area contributed by atoms with Gasteiger partial charge in [-0.05, 0) is 30.0 Å². The van der Waals surface area contributed by atoms with Gasteiger partial charge in [0.1, 0.15) is 0 Å². The number of fused-ring (bicyclic) bond motifs is 1. The number of benzene rings is 1. The van der Waals surface area contributed by atoms with Gasteiger partial charge in [-0.2, -0.15) is 0 Å². The Balaban J connectivity index is 2.58. The Labute approximate surface area is 72.0 Å². The Bertz CT molecular complexity index is 278. The van der Waals surface area contributed by atoms with Crippen molar-refractivity contribution in [2.24, 2.45) is 0 Å². The van der Waals surface area contributed by atoms with Crippen molar-refractivity contribution in [3.8, 4) is 0 Å². The standard InChI is InChI=1S/C10H12S/c1-7-4-3-5-9-10(7)8(2)6-11-9/h3-5,8H,6H2,1-2H3/t8-/m0/s1. The van der Waals surface area contributed by atoms with Crippen molar-refractivity contribution in [2.75, 3.05) is 5.75 Å². The van der Waals surface area contributed by atoms with Crippen molar-refractivity contribution in [2.45, 2.75) is 24.7 Å². The first-order valence-corrected chi connectivity index (χ1v) is 5.00. The minimum absolute atomic E-state index is 0.760. The van der Waals surface area contributed by atoms with Crippen LogP contribution in [0.25, 0.3) is 0 Å². The van der Waals surface area contributed by atoms with Crippen molar-refractivity contribution in [3.63, 3.8) is 0 Å². The predicted molar refractivity (Wildman–Crippen MR) is 50.3 cm³/mol. The molecule has 1 heterocycles. The Hall–Kier alpha value is -0.430. The summed E-state index contributed by atoms with van der Waals surface area (Å²) in [4.78, 5) is 1.50. The highest BCUT2D eigenvalue weighted by atomic mass is 32.2. The van der Waals surface area contributed by atoms with Gasteiger partial charge in [-0.15, -0.1) is 11.8 Å². The lowest BCUT2D eigenvalue weighted by molar-refractivity contribution is 0.870. The van der Waals surface area contributed by atoms with Crippen LogP contribution in [0.1, 0.15) is 24.0 Å². The van der Waals surface area contributed by atoms with E-state index in [9.17, 15) is 0 Å². The molecule has 0 aromatic heterocycles. The predicted octanol–water partition coefficient (Wildman–Crippen LogP) is 3.20. The van der Waals surface area contributed by atoms with Crippen LogP contribution in [-0.4, -0.2) is 5.75 Å². The normalized spacial score (nSPS) is 21.8. The molecule has 1 aliphatic heterocycles. The highest BCUT2D eigenvalue weighted by molar-refractivity contribution is 7.99. The molecule has 1 aromatic rings.